The standard InChI is InChI=1S/C16H32N2/c1-4-14-12-17-16(5-2,6-3)13-18(14)15-10-8-7-9-11-15/h14-15,17H,4-13H2,1-3H3. The summed E-state index contributed by atoms with van der Waals surface area (Å²) < 4.78 is 0. The molecule has 0 bridgehead atoms. The van der Waals surface area contributed by atoms with E-state index in [9.17, 15) is 0 Å². The summed E-state index contributed by atoms with van der Waals surface area (Å²) in [7, 11) is 0. The Labute approximate surface area is 114 Å². The van der Waals surface area contributed by atoms with Crippen LogP contribution >= 0.6 is 0 Å². The summed E-state index contributed by atoms with van der Waals surface area (Å²) in [5.74, 6) is 0. The lowest BCUT2D eigenvalue weighted by molar-refractivity contribution is 0.0215. The van der Waals surface area contributed by atoms with Gasteiger partial charge in [0.05, 0.1) is 0 Å². The fourth-order valence-electron chi connectivity index (χ4n) is 3.93. The van der Waals surface area contributed by atoms with E-state index in [0.29, 0.717) is 5.54 Å². The summed E-state index contributed by atoms with van der Waals surface area (Å²) >= 11 is 0. The topological polar surface area (TPSA) is 15.3 Å². The van der Waals surface area contributed by atoms with Crippen LogP contribution in [0.1, 0.15) is 72.1 Å². The minimum atomic E-state index is 0.392. The molecule has 0 aromatic heterocycles. The second kappa shape index (κ2) is 6.38. The fraction of sp³-hybridized carbons (Fsp3) is 1.00. The largest absolute Gasteiger partial charge is 0.308 e. The lowest BCUT2D eigenvalue weighted by atomic mass is 9.84. The number of nitrogens with one attached hydrogen (secondary N) is 1. The van der Waals surface area contributed by atoms with E-state index in [1.54, 1.807) is 0 Å². The summed E-state index contributed by atoms with van der Waals surface area (Å²) in [5, 5.41) is 3.86. The molecule has 106 valence electrons. The molecule has 2 fully saturated rings. The van der Waals surface area contributed by atoms with Gasteiger partial charge in [-0.15, -0.1) is 0 Å². The van der Waals surface area contributed by atoms with Crippen molar-refractivity contribution in [2.45, 2.75) is 89.8 Å². The quantitative estimate of drug-likeness (QED) is 0.823. The van der Waals surface area contributed by atoms with Crippen LogP contribution in [0, 0.1) is 0 Å². The van der Waals surface area contributed by atoms with Crippen LogP contribution in [0.3, 0.4) is 0 Å². The summed E-state index contributed by atoms with van der Waals surface area (Å²) in [6.45, 7) is 9.54. The third-order valence-electron chi connectivity index (χ3n) is 5.54. The summed E-state index contributed by atoms with van der Waals surface area (Å²) in [6, 6.07) is 1.66. The van der Waals surface area contributed by atoms with Crippen molar-refractivity contribution < 1.29 is 0 Å². The zero-order valence-electron chi connectivity index (χ0n) is 12.7. The van der Waals surface area contributed by atoms with Gasteiger partial charge in [-0.05, 0) is 32.1 Å². The van der Waals surface area contributed by atoms with Gasteiger partial charge in [-0.2, -0.15) is 0 Å². The summed E-state index contributed by atoms with van der Waals surface area (Å²) in [6.07, 6.45) is 11.1. The van der Waals surface area contributed by atoms with Crippen LogP contribution in [0.15, 0.2) is 0 Å². The van der Waals surface area contributed by atoms with Crippen molar-refractivity contribution in [1.82, 2.24) is 10.2 Å². The minimum Gasteiger partial charge on any atom is -0.308 e. The molecule has 1 aliphatic carbocycles. The van der Waals surface area contributed by atoms with Crippen LogP contribution in [0.25, 0.3) is 0 Å². The first-order valence-corrected chi connectivity index (χ1v) is 8.25. The zero-order valence-corrected chi connectivity index (χ0v) is 12.7. The molecule has 1 heterocycles. The van der Waals surface area contributed by atoms with Crippen molar-refractivity contribution in [1.29, 1.82) is 0 Å². The maximum Gasteiger partial charge on any atom is 0.0304 e. The van der Waals surface area contributed by atoms with Gasteiger partial charge in [0.15, 0.2) is 0 Å². The Kier molecular flexibility index (Phi) is 5.08. The second-order valence-corrected chi connectivity index (χ2v) is 6.39. The van der Waals surface area contributed by atoms with Crippen LogP contribution in [0.2, 0.25) is 0 Å². The Morgan fingerprint density at radius 2 is 1.72 bits per heavy atom. The molecule has 2 heteroatoms. The molecule has 0 radical (unpaired) electrons. The van der Waals surface area contributed by atoms with Gasteiger partial charge in [0.25, 0.3) is 0 Å². The van der Waals surface area contributed by atoms with E-state index in [1.807, 2.05) is 0 Å². The summed E-state index contributed by atoms with van der Waals surface area (Å²) in [5.41, 5.74) is 0.392. The molecule has 0 spiro atoms. The molecular formula is C16H32N2. The van der Waals surface area contributed by atoms with E-state index >= 15 is 0 Å². The number of hydrogen-bond acceptors (Lipinski definition) is 2. The van der Waals surface area contributed by atoms with Gasteiger partial charge >= 0.3 is 0 Å². The molecule has 0 aromatic rings. The Balaban J connectivity index is 2.06. The van der Waals surface area contributed by atoms with E-state index < -0.39 is 0 Å². The zero-order chi connectivity index (χ0) is 13.0. The van der Waals surface area contributed by atoms with Crippen LogP contribution in [0.5, 0.6) is 0 Å². The number of hydrogen-bond donors (Lipinski definition) is 1. The number of rotatable bonds is 4. The molecule has 1 aliphatic heterocycles. The minimum absolute atomic E-state index is 0.392. The molecule has 2 nitrogen and oxygen atoms in total. The first-order chi connectivity index (χ1) is 8.74. The van der Waals surface area contributed by atoms with E-state index in [4.69, 9.17) is 0 Å². The smallest absolute Gasteiger partial charge is 0.0304 e. The van der Waals surface area contributed by atoms with Gasteiger partial charge in [-0.3, -0.25) is 4.90 Å². The van der Waals surface area contributed by atoms with Gasteiger partial charge in [0.1, 0.15) is 0 Å². The van der Waals surface area contributed by atoms with Crippen molar-refractivity contribution in [3.8, 4) is 0 Å². The van der Waals surface area contributed by atoms with E-state index in [2.05, 4.69) is 31.0 Å². The van der Waals surface area contributed by atoms with Crippen LogP contribution in [0.4, 0.5) is 0 Å². The second-order valence-electron chi connectivity index (χ2n) is 6.39. The number of nitrogens with zero attached hydrogens (tertiary/aromatic N) is 1. The van der Waals surface area contributed by atoms with Gasteiger partial charge in [-0.25, -0.2) is 0 Å². The predicted molar refractivity (Wildman–Crippen MR) is 79.0 cm³/mol. The molecule has 0 aromatic carbocycles. The Hall–Kier alpha value is -0.0800. The van der Waals surface area contributed by atoms with Crippen molar-refractivity contribution in [2.24, 2.45) is 0 Å². The SMILES string of the molecule is CCC1CNC(CC)(CC)CN1C1CCCCC1. The van der Waals surface area contributed by atoms with Crippen molar-refractivity contribution in [2.75, 3.05) is 13.1 Å². The number of piperazine rings is 1. The van der Waals surface area contributed by atoms with Gasteiger partial charge in [-0.1, -0.05) is 40.0 Å². The molecule has 2 rings (SSSR count). The monoisotopic (exact) mass is 252 g/mol. The molecule has 1 saturated heterocycles. The molecule has 18 heavy (non-hydrogen) atoms. The average Bonchev–Trinajstić information content (AvgIpc) is 2.47. The van der Waals surface area contributed by atoms with Crippen LogP contribution in [-0.4, -0.2) is 35.6 Å². The third-order valence-corrected chi connectivity index (χ3v) is 5.54. The highest BCUT2D eigenvalue weighted by Crippen LogP contribution is 2.31. The normalized spacial score (nSPS) is 30.5. The third kappa shape index (κ3) is 2.91. The maximum absolute atomic E-state index is 3.86. The Bertz CT molecular complexity index is 241. The molecule has 1 unspecified atom stereocenters. The molecule has 2 aliphatic rings. The molecular weight excluding hydrogens is 220 g/mol. The predicted octanol–water partition coefficient (Wildman–Crippen LogP) is 3.56. The van der Waals surface area contributed by atoms with Crippen LogP contribution in [-0.2, 0) is 0 Å². The maximum atomic E-state index is 3.86. The van der Waals surface area contributed by atoms with E-state index in [1.165, 1.54) is 64.5 Å². The van der Waals surface area contributed by atoms with Gasteiger partial charge in [0.2, 0.25) is 0 Å². The van der Waals surface area contributed by atoms with E-state index in [0.717, 1.165) is 12.1 Å². The van der Waals surface area contributed by atoms with Crippen LogP contribution < -0.4 is 5.32 Å². The molecule has 1 saturated carbocycles. The molecule has 0 amide bonds. The highest BCUT2D eigenvalue weighted by molar-refractivity contribution is 4.98. The van der Waals surface area contributed by atoms with Crippen molar-refractivity contribution in [3.05, 3.63) is 0 Å². The summed E-state index contributed by atoms with van der Waals surface area (Å²) in [4.78, 5) is 2.88. The molecule has 1 atom stereocenters. The lowest BCUT2D eigenvalue weighted by Gasteiger charge is -2.51. The lowest BCUT2D eigenvalue weighted by Crippen LogP contribution is -2.65. The van der Waals surface area contributed by atoms with E-state index in [-0.39, 0.29) is 0 Å². The van der Waals surface area contributed by atoms with Gasteiger partial charge in [0, 0.05) is 30.7 Å². The first-order valence-electron chi connectivity index (χ1n) is 8.25. The van der Waals surface area contributed by atoms with Crippen molar-refractivity contribution in [3.63, 3.8) is 0 Å². The Morgan fingerprint density at radius 3 is 2.28 bits per heavy atom. The average molecular weight is 252 g/mol. The Morgan fingerprint density at radius 1 is 1.06 bits per heavy atom. The first kappa shape index (κ1) is 14.3. The highest BCUT2D eigenvalue weighted by Gasteiger charge is 2.39. The highest BCUT2D eigenvalue weighted by atomic mass is 15.3. The fourth-order valence-corrected chi connectivity index (χ4v) is 3.93. The molecule has 1 N–H and O–H groups in total. The van der Waals surface area contributed by atoms with Crippen molar-refractivity contribution >= 4 is 0 Å². The van der Waals surface area contributed by atoms with Gasteiger partial charge < -0.3 is 5.32 Å².